The van der Waals surface area contributed by atoms with Gasteiger partial charge in [0.25, 0.3) is 5.91 Å². The van der Waals surface area contributed by atoms with Crippen molar-refractivity contribution in [1.29, 1.82) is 0 Å². The number of aromatic hydroxyl groups is 1. The van der Waals surface area contributed by atoms with Crippen molar-refractivity contribution in [3.05, 3.63) is 29.8 Å². The van der Waals surface area contributed by atoms with Crippen LogP contribution in [0.1, 0.15) is 29.6 Å². The molecular weight excluding hydrogens is 190 g/mol. The van der Waals surface area contributed by atoms with Gasteiger partial charge in [0.2, 0.25) is 0 Å². The number of hydrogen-bond donors (Lipinski definition) is 1. The second-order valence-corrected chi connectivity index (χ2v) is 4.05. The fraction of sp³-hybridized carbons (Fsp3) is 0.417. The Morgan fingerprint density at radius 2 is 1.93 bits per heavy atom. The summed E-state index contributed by atoms with van der Waals surface area (Å²) in [6.45, 7) is 0. The van der Waals surface area contributed by atoms with Crippen LogP contribution in [0.25, 0.3) is 0 Å². The van der Waals surface area contributed by atoms with Crippen molar-refractivity contribution in [2.45, 2.75) is 25.3 Å². The summed E-state index contributed by atoms with van der Waals surface area (Å²) in [5.74, 6) is 0.234. The van der Waals surface area contributed by atoms with Crippen molar-refractivity contribution in [2.75, 3.05) is 7.05 Å². The van der Waals surface area contributed by atoms with Gasteiger partial charge >= 0.3 is 0 Å². The highest BCUT2D eigenvalue weighted by atomic mass is 16.3. The molecule has 0 spiro atoms. The van der Waals surface area contributed by atoms with E-state index in [1.54, 1.807) is 29.2 Å². The molecule has 0 unspecified atom stereocenters. The van der Waals surface area contributed by atoms with E-state index in [0.29, 0.717) is 11.6 Å². The van der Waals surface area contributed by atoms with Gasteiger partial charge in [-0.1, -0.05) is 0 Å². The molecule has 15 heavy (non-hydrogen) atoms. The van der Waals surface area contributed by atoms with E-state index in [1.807, 2.05) is 7.05 Å². The number of benzene rings is 1. The Kier molecular flexibility index (Phi) is 2.62. The summed E-state index contributed by atoms with van der Waals surface area (Å²) in [6, 6.07) is 6.81. The summed E-state index contributed by atoms with van der Waals surface area (Å²) in [7, 11) is 1.85. The first-order valence-corrected chi connectivity index (χ1v) is 5.24. The zero-order valence-electron chi connectivity index (χ0n) is 8.81. The second kappa shape index (κ2) is 3.93. The molecule has 1 saturated carbocycles. The normalized spacial score (nSPS) is 15.8. The number of phenols is 1. The van der Waals surface area contributed by atoms with Crippen molar-refractivity contribution in [3.8, 4) is 5.75 Å². The van der Waals surface area contributed by atoms with Crippen LogP contribution in [0.4, 0.5) is 0 Å². The van der Waals surface area contributed by atoms with Gasteiger partial charge in [-0.25, -0.2) is 0 Å². The molecule has 1 amide bonds. The Hall–Kier alpha value is -1.51. The minimum Gasteiger partial charge on any atom is -0.508 e. The Balaban J connectivity index is 2.09. The van der Waals surface area contributed by atoms with Crippen LogP contribution in [0.2, 0.25) is 0 Å². The van der Waals surface area contributed by atoms with Crippen molar-refractivity contribution in [3.63, 3.8) is 0 Å². The average molecular weight is 205 g/mol. The molecule has 3 nitrogen and oxygen atoms in total. The molecule has 1 aromatic rings. The van der Waals surface area contributed by atoms with E-state index in [0.717, 1.165) is 12.8 Å². The van der Waals surface area contributed by atoms with Gasteiger partial charge in [-0.15, -0.1) is 0 Å². The summed E-state index contributed by atoms with van der Waals surface area (Å²) < 4.78 is 0. The highest BCUT2D eigenvalue weighted by molar-refractivity contribution is 5.94. The highest BCUT2D eigenvalue weighted by Crippen LogP contribution is 2.25. The van der Waals surface area contributed by atoms with Gasteiger partial charge in [-0.2, -0.15) is 0 Å². The lowest BCUT2D eigenvalue weighted by molar-refractivity contribution is 0.0652. The predicted octanol–water partition coefficient (Wildman–Crippen LogP) is 2.02. The van der Waals surface area contributed by atoms with Crippen LogP contribution < -0.4 is 0 Å². The van der Waals surface area contributed by atoms with Gasteiger partial charge in [0.15, 0.2) is 0 Å². The third-order valence-electron chi connectivity index (χ3n) is 3.06. The molecule has 1 aliphatic carbocycles. The smallest absolute Gasteiger partial charge is 0.253 e. The lowest BCUT2D eigenvalue weighted by Crippen LogP contribution is -2.41. The Labute approximate surface area is 89.3 Å². The lowest BCUT2D eigenvalue weighted by Gasteiger charge is -2.34. The number of carbonyl (C=O) groups excluding carboxylic acids is 1. The topological polar surface area (TPSA) is 40.5 Å². The second-order valence-electron chi connectivity index (χ2n) is 4.05. The Morgan fingerprint density at radius 3 is 2.40 bits per heavy atom. The van der Waals surface area contributed by atoms with Crippen molar-refractivity contribution in [1.82, 2.24) is 4.90 Å². The molecule has 1 N–H and O–H groups in total. The zero-order valence-corrected chi connectivity index (χ0v) is 8.81. The minimum atomic E-state index is 0.0414. The van der Waals surface area contributed by atoms with Crippen LogP contribution in [0.15, 0.2) is 24.3 Å². The molecule has 0 heterocycles. The van der Waals surface area contributed by atoms with E-state index in [1.165, 1.54) is 6.42 Å². The summed E-state index contributed by atoms with van der Waals surface area (Å²) in [5, 5.41) is 9.12. The van der Waals surface area contributed by atoms with Crippen molar-refractivity contribution < 1.29 is 9.90 Å². The SMILES string of the molecule is CN(C(=O)c1ccc(O)cc1)C1CCC1. The monoisotopic (exact) mass is 205 g/mol. The zero-order chi connectivity index (χ0) is 10.8. The third-order valence-corrected chi connectivity index (χ3v) is 3.06. The molecule has 1 aromatic carbocycles. The van der Waals surface area contributed by atoms with Crippen LogP contribution in [0, 0.1) is 0 Å². The van der Waals surface area contributed by atoms with Gasteiger partial charge in [-0.05, 0) is 43.5 Å². The average Bonchev–Trinajstić information content (AvgIpc) is 2.15. The molecular formula is C12H15NO2. The fourth-order valence-corrected chi connectivity index (χ4v) is 1.75. The predicted molar refractivity (Wildman–Crippen MR) is 57.8 cm³/mol. The van der Waals surface area contributed by atoms with E-state index in [-0.39, 0.29) is 11.7 Å². The first kappa shape index (κ1) is 10.0. The van der Waals surface area contributed by atoms with Gasteiger partial charge in [-0.3, -0.25) is 4.79 Å². The molecule has 0 bridgehead atoms. The van der Waals surface area contributed by atoms with Gasteiger partial charge < -0.3 is 10.0 Å². The minimum absolute atomic E-state index is 0.0414. The number of phenolic OH excluding ortho intramolecular Hbond substituents is 1. The van der Waals surface area contributed by atoms with E-state index < -0.39 is 0 Å². The number of rotatable bonds is 2. The molecule has 1 aliphatic rings. The molecule has 0 radical (unpaired) electrons. The van der Waals surface area contributed by atoms with E-state index >= 15 is 0 Å². The highest BCUT2D eigenvalue weighted by Gasteiger charge is 2.26. The summed E-state index contributed by atoms with van der Waals surface area (Å²) in [5.41, 5.74) is 0.641. The molecule has 1 fully saturated rings. The van der Waals surface area contributed by atoms with E-state index in [2.05, 4.69) is 0 Å². The fourth-order valence-electron chi connectivity index (χ4n) is 1.75. The lowest BCUT2D eigenvalue weighted by atomic mass is 9.91. The standard InChI is InChI=1S/C12H15NO2/c1-13(10-3-2-4-10)12(15)9-5-7-11(14)8-6-9/h5-8,10,14H,2-4H2,1H3. The van der Waals surface area contributed by atoms with Crippen molar-refractivity contribution >= 4 is 5.91 Å². The van der Waals surface area contributed by atoms with E-state index in [4.69, 9.17) is 5.11 Å². The summed E-state index contributed by atoms with van der Waals surface area (Å²) >= 11 is 0. The third kappa shape index (κ3) is 1.96. The quantitative estimate of drug-likeness (QED) is 0.802. The summed E-state index contributed by atoms with van der Waals surface area (Å²) in [6.07, 6.45) is 3.44. The van der Waals surface area contributed by atoms with Crippen molar-refractivity contribution in [2.24, 2.45) is 0 Å². The van der Waals surface area contributed by atoms with E-state index in [9.17, 15) is 4.79 Å². The number of hydrogen-bond acceptors (Lipinski definition) is 2. The summed E-state index contributed by atoms with van der Waals surface area (Å²) in [4.78, 5) is 13.7. The maximum atomic E-state index is 11.9. The number of amides is 1. The van der Waals surface area contributed by atoms with Crippen LogP contribution in [0.5, 0.6) is 5.75 Å². The van der Waals surface area contributed by atoms with Gasteiger partial charge in [0, 0.05) is 18.7 Å². The molecule has 0 saturated heterocycles. The van der Waals surface area contributed by atoms with Crippen LogP contribution >= 0.6 is 0 Å². The molecule has 3 heteroatoms. The maximum Gasteiger partial charge on any atom is 0.253 e. The molecule has 0 aliphatic heterocycles. The Morgan fingerprint density at radius 1 is 1.33 bits per heavy atom. The number of nitrogens with zero attached hydrogens (tertiary/aromatic N) is 1. The first-order valence-electron chi connectivity index (χ1n) is 5.24. The van der Waals surface area contributed by atoms with Crippen LogP contribution in [0.3, 0.4) is 0 Å². The van der Waals surface area contributed by atoms with Crippen LogP contribution in [-0.4, -0.2) is 29.0 Å². The first-order chi connectivity index (χ1) is 7.18. The number of carbonyl (C=O) groups is 1. The van der Waals surface area contributed by atoms with Crippen LogP contribution in [-0.2, 0) is 0 Å². The molecule has 0 aromatic heterocycles. The molecule has 80 valence electrons. The largest absolute Gasteiger partial charge is 0.508 e. The van der Waals surface area contributed by atoms with Gasteiger partial charge in [0.05, 0.1) is 0 Å². The van der Waals surface area contributed by atoms with Gasteiger partial charge in [0.1, 0.15) is 5.75 Å². The Bertz CT molecular complexity index is 354. The molecule has 0 atom stereocenters. The maximum absolute atomic E-state index is 11.9. The molecule has 2 rings (SSSR count).